The normalized spacial score (nSPS) is 16.0. The number of aryl methyl sites for hydroxylation is 1. The maximum Gasteiger partial charge on any atom is 0.317 e. The first kappa shape index (κ1) is 19.7. The van der Waals surface area contributed by atoms with Gasteiger partial charge in [0, 0.05) is 16.9 Å². The lowest BCUT2D eigenvalue weighted by Gasteiger charge is -2.22. The van der Waals surface area contributed by atoms with Gasteiger partial charge in [-0.3, -0.25) is 9.59 Å². The Morgan fingerprint density at radius 3 is 2.22 bits per heavy atom. The van der Waals surface area contributed by atoms with Gasteiger partial charge < -0.3 is 5.11 Å². The highest BCUT2D eigenvalue weighted by Crippen LogP contribution is 2.33. The number of benzene rings is 2. The largest absolute Gasteiger partial charge is 0.480 e. The summed E-state index contributed by atoms with van der Waals surface area (Å²) in [6.07, 6.45) is 6.33. The number of carbonyl (C=O) groups excluding carboxylic acids is 1. The molecule has 0 amide bonds. The number of rotatable bonds is 7. The predicted molar refractivity (Wildman–Crippen MR) is 110 cm³/mol. The van der Waals surface area contributed by atoms with E-state index in [1.165, 1.54) is 49.4 Å². The average molecular weight is 383 g/mol. The summed E-state index contributed by atoms with van der Waals surface area (Å²) in [5, 5.41) is 8.75. The van der Waals surface area contributed by atoms with Crippen molar-refractivity contribution in [2.45, 2.75) is 61.5 Å². The number of carboxylic acid groups (broad SMARTS) is 1. The number of Topliss-reactive ketones (excluding diaryl/α,β-unsaturated/α-hetero) is 1. The highest BCUT2D eigenvalue weighted by Gasteiger charge is 2.23. The van der Waals surface area contributed by atoms with Crippen LogP contribution in [0.4, 0.5) is 0 Å². The van der Waals surface area contributed by atoms with Gasteiger partial charge in [0.1, 0.15) is 5.25 Å². The zero-order chi connectivity index (χ0) is 19.2. The molecule has 27 heavy (non-hydrogen) atoms. The average Bonchev–Trinajstić information content (AvgIpc) is 2.69. The molecule has 1 unspecified atom stereocenters. The third-order valence-corrected chi connectivity index (χ3v) is 6.45. The van der Waals surface area contributed by atoms with Gasteiger partial charge >= 0.3 is 5.97 Å². The first-order valence-electron chi connectivity index (χ1n) is 9.62. The second-order valence-corrected chi connectivity index (χ2v) is 8.62. The summed E-state index contributed by atoms with van der Waals surface area (Å²) in [5.74, 6) is -0.461. The van der Waals surface area contributed by atoms with Gasteiger partial charge in [-0.1, -0.05) is 61.2 Å². The standard InChI is InChI=1S/C23H26O3S/c1-16-7-13-20(14-8-16)27-22(23(25)26)15-21(24)19-11-9-18(10-12-19)17-5-3-2-4-6-17/h7-14,17,22H,2-6,15H2,1H3,(H,25,26). The summed E-state index contributed by atoms with van der Waals surface area (Å²) in [6.45, 7) is 1.99. The molecule has 142 valence electrons. The van der Waals surface area contributed by atoms with Gasteiger partial charge in [0.05, 0.1) is 0 Å². The summed E-state index contributed by atoms with van der Waals surface area (Å²) < 4.78 is 0. The molecule has 4 heteroatoms. The van der Waals surface area contributed by atoms with Gasteiger partial charge in [-0.15, -0.1) is 11.8 Å². The third kappa shape index (κ3) is 5.46. The van der Waals surface area contributed by atoms with Gasteiger partial charge in [0.2, 0.25) is 0 Å². The zero-order valence-electron chi connectivity index (χ0n) is 15.7. The third-order valence-electron chi connectivity index (χ3n) is 5.25. The van der Waals surface area contributed by atoms with Crippen LogP contribution in [-0.2, 0) is 4.79 Å². The minimum atomic E-state index is -0.951. The number of hydrogen-bond acceptors (Lipinski definition) is 3. The van der Waals surface area contributed by atoms with Crippen LogP contribution in [0.3, 0.4) is 0 Å². The van der Waals surface area contributed by atoms with Gasteiger partial charge in [0.25, 0.3) is 0 Å². The summed E-state index contributed by atoms with van der Waals surface area (Å²) in [7, 11) is 0. The molecule has 2 aromatic carbocycles. The van der Waals surface area contributed by atoms with E-state index in [0.717, 1.165) is 10.5 Å². The first-order valence-corrected chi connectivity index (χ1v) is 10.5. The Bertz CT molecular complexity index is 774. The molecule has 3 nitrogen and oxygen atoms in total. The molecule has 2 aromatic rings. The van der Waals surface area contributed by atoms with Crippen molar-refractivity contribution < 1.29 is 14.7 Å². The molecular weight excluding hydrogens is 356 g/mol. The zero-order valence-corrected chi connectivity index (χ0v) is 16.5. The molecule has 0 radical (unpaired) electrons. The number of carbonyl (C=O) groups is 2. The van der Waals surface area contributed by atoms with E-state index in [4.69, 9.17) is 0 Å². The number of carboxylic acids is 1. The molecule has 0 aliphatic heterocycles. The Morgan fingerprint density at radius 1 is 1.00 bits per heavy atom. The minimum absolute atomic E-state index is 0.00332. The lowest BCUT2D eigenvalue weighted by Crippen LogP contribution is -2.20. The minimum Gasteiger partial charge on any atom is -0.480 e. The van der Waals surface area contributed by atoms with Crippen molar-refractivity contribution in [1.29, 1.82) is 0 Å². The summed E-state index contributed by atoms with van der Waals surface area (Å²) in [4.78, 5) is 25.1. The number of ketones is 1. The number of thioether (sulfide) groups is 1. The molecule has 1 saturated carbocycles. The highest BCUT2D eigenvalue weighted by atomic mass is 32.2. The van der Waals surface area contributed by atoms with Crippen LogP contribution in [0.1, 0.15) is 65.9 Å². The van der Waals surface area contributed by atoms with Crippen LogP contribution in [0.25, 0.3) is 0 Å². The van der Waals surface area contributed by atoms with Gasteiger partial charge in [-0.25, -0.2) is 0 Å². The Balaban J connectivity index is 1.64. The van der Waals surface area contributed by atoms with Crippen LogP contribution < -0.4 is 0 Å². The van der Waals surface area contributed by atoms with Crippen molar-refractivity contribution in [2.75, 3.05) is 0 Å². The Kier molecular flexibility index (Phi) is 6.73. The first-order chi connectivity index (χ1) is 13.0. The van der Waals surface area contributed by atoms with Crippen LogP contribution in [0.5, 0.6) is 0 Å². The monoisotopic (exact) mass is 382 g/mol. The van der Waals surface area contributed by atoms with Crippen LogP contribution in [0, 0.1) is 6.92 Å². The van der Waals surface area contributed by atoms with Crippen molar-refractivity contribution in [1.82, 2.24) is 0 Å². The Labute approximate surface area is 165 Å². The topological polar surface area (TPSA) is 54.4 Å². The van der Waals surface area contributed by atoms with E-state index in [1.807, 2.05) is 55.5 Å². The second kappa shape index (κ2) is 9.23. The molecule has 1 N–H and O–H groups in total. The molecule has 1 aliphatic carbocycles. The van der Waals surface area contributed by atoms with Crippen molar-refractivity contribution in [3.63, 3.8) is 0 Å². The molecule has 0 bridgehead atoms. The number of aliphatic carboxylic acids is 1. The molecule has 3 rings (SSSR count). The fourth-order valence-electron chi connectivity index (χ4n) is 3.62. The Morgan fingerprint density at radius 2 is 1.63 bits per heavy atom. The van der Waals surface area contributed by atoms with E-state index >= 15 is 0 Å². The van der Waals surface area contributed by atoms with Gasteiger partial charge in [-0.05, 0) is 43.4 Å². The fourth-order valence-corrected chi connectivity index (χ4v) is 4.58. The van der Waals surface area contributed by atoms with Gasteiger partial charge in [-0.2, -0.15) is 0 Å². The lowest BCUT2D eigenvalue weighted by molar-refractivity contribution is -0.136. The summed E-state index contributed by atoms with van der Waals surface area (Å²) in [6, 6.07) is 15.5. The van der Waals surface area contributed by atoms with Crippen LogP contribution in [0.15, 0.2) is 53.4 Å². The molecule has 0 spiro atoms. The molecule has 1 atom stereocenters. The maximum atomic E-state index is 12.6. The van der Waals surface area contributed by atoms with E-state index in [-0.39, 0.29) is 12.2 Å². The van der Waals surface area contributed by atoms with E-state index in [1.54, 1.807) is 0 Å². The fraction of sp³-hybridized carbons (Fsp3) is 0.391. The summed E-state index contributed by atoms with van der Waals surface area (Å²) >= 11 is 1.23. The Hall–Kier alpha value is -2.07. The quantitative estimate of drug-likeness (QED) is 0.481. The SMILES string of the molecule is Cc1ccc(SC(CC(=O)c2ccc(C3CCCCC3)cc2)C(=O)O)cc1. The maximum absolute atomic E-state index is 12.6. The van der Waals surface area contributed by atoms with Gasteiger partial charge in [0.15, 0.2) is 5.78 Å². The van der Waals surface area contributed by atoms with Crippen molar-refractivity contribution in [2.24, 2.45) is 0 Å². The van der Waals surface area contributed by atoms with E-state index < -0.39 is 11.2 Å². The second-order valence-electron chi connectivity index (χ2n) is 7.34. The van der Waals surface area contributed by atoms with Crippen LogP contribution in [-0.4, -0.2) is 22.1 Å². The van der Waals surface area contributed by atoms with Crippen LogP contribution in [0.2, 0.25) is 0 Å². The summed E-state index contributed by atoms with van der Waals surface area (Å²) in [5.41, 5.74) is 3.03. The predicted octanol–water partition coefficient (Wildman–Crippen LogP) is 5.86. The highest BCUT2D eigenvalue weighted by molar-refractivity contribution is 8.00. The molecule has 0 saturated heterocycles. The van der Waals surface area contributed by atoms with Crippen molar-refractivity contribution in [3.05, 3.63) is 65.2 Å². The smallest absolute Gasteiger partial charge is 0.317 e. The van der Waals surface area contributed by atoms with Crippen molar-refractivity contribution >= 4 is 23.5 Å². The molecule has 0 aromatic heterocycles. The molecule has 1 fully saturated rings. The molecule has 0 heterocycles. The van der Waals surface area contributed by atoms with E-state index in [0.29, 0.717) is 11.5 Å². The molecule has 1 aliphatic rings. The van der Waals surface area contributed by atoms with Crippen LogP contribution >= 0.6 is 11.8 Å². The van der Waals surface area contributed by atoms with E-state index in [9.17, 15) is 14.7 Å². The number of hydrogen-bond donors (Lipinski definition) is 1. The molecular formula is C23H26O3S. The van der Waals surface area contributed by atoms with Crippen molar-refractivity contribution in [3.8, 4) is 0 Å². The van der Waals surface area contributed by atoms with E-state index in [2.05, 4.69) is 0 Å². The lowest BCUT2D eigenvalue weighted by atomic mass is 9.84.